The Hall–Kier alpha value is -3.43. The monoisotopic (exact) mass is 651 g/mol. The van der Waals surface area contributed by atoms with E-state index in [9.17, 15) is 23.3 Å². The quantitative estimate of drug-likeness (QED) is 0.115. The fourth-order valence-electron chi connectivity index (χ4n) is 3.12. The van der Waals surface area contributed by atoms with Gasteiger partial charge in [0.25, 0.3) is 11.6 Å². The molecule has 0 saturated carbocycles. The third-order valence-corrected chi connectivity index (χ3v) is 7.69. The third kappa shape index (κ3) is 6.67. The Kier molecular flexibility index (Phi) is 8.14. The van der Waals surface area contributed by atoms with E-state index in [0.29, 0.717) is 21.3 Å². The average molecular weight is 651 g/mol. The Balaban J connectivity index is 1.56. The average Bonchev–Trinajstić information content (AvgIpc) is 3.20. The van der Waals surface area contributed by atoms with Gasteiger partial charge in [-0.3, -0.25) is 14.9 Å². The van der Waals surface area contributed by atoms with Gasteiger partial charge < -0.3 is 14.2 Å². The second-order valence-corrected chi connectivity index (χ2v) is 11.2. The number of aliphatic imine (C=N–C) groups is 1. The topological polar surface area (TPSA) is 137 Å². The van der Waals surface area contributed by atoms with Gasteiger partial charge in [-0.15, -0.1) is 0 Å². The van der Waals surface area contributed by atoms with Gasteiger partial charge in [0.2, 0.25) is 0 Å². The number of rotatable bonds is 8. The lowest BCUT2D eigenvalue weighted by Gasteiger charge is -2.12. The maximum absolute atomic E-state index is 12.7. The van der Waals surface area contributed by atoms with E-state index in [1.165, 1.54) is 17.8 Å². The molecule has 13 heteroatoms. The van der Waals surface area contributed by atoms with Gasteiger partial charge in [-0.2, -0.15) is 8.42 Å². The molecule has 0 atom stereocenters. The lowest BCUT2D eigenvalue weighted by Crippen LogP contribution is -2.19. The lowest BCUT2D eigenvalue weighted by atomic mass is 10.2. The maximum Gasteiger partial charge on any atom is 0.339 e. The van der Waals surface area contributed by atoms with Crippen LogP contribution in [-0.4, -0.2) is 31.0 Å². The minimum Gasteiger partial charge on any atom is -0.490 e. The molecule has 0 aliphatic carbocycles. The van der Waals surface area contributed by atoms with E-state index in [-0.39, 0.29) is 34.6 Å². The molecule has 1 fully saturated rings. The molecule has 3 aromatic carbocycles. The Morgan fingerprint density at radius 3 is 2.43 bits per heavy atom. The number of amides is 1. The van der Waals surface area contributed by atoms with Crippen LogP contribution in [0.4, 0.5) is 11.4 Å². The molecule has 0 spiro atoms. The summed E-state index contributed by atoms with van der Waals surface area (Å²) in [6, 6.07) is 16.4. The predicted molar refractivity (Wildman–Crippen MR) is 148 cm³/mol. The molecule has 1 N–H and O–H groups in total. The summed E-state index contributed by atoms with van der Waals surface area (Å²) in [5.41, 5.74) is 1.04. The van der Waals surface area contributed by atoms with Gasteiger partial charge in [0.15, 0.2) is 16.7 Å². The number of thioether (sulfide) groups is 1. The predicted octanol–water partition coefficient (Wildman–Crippen LogP) is 5.26. The first kappa shape index (κ1) is 26.6. The first-order valence-corrected chi connectivity index (χ1v) is 14.0. The smallest absolute Gasteiger partial charge is 0.339 e. The Morgan fingerprint density at radius 1 is 1.08 bits per heavy atom. The Morgan fingerprint density at radius 2 is 1.78 bits per heavy atom. The SMILES string of the molecule is CCOc1cc(/C=C2/SC(=Nc3ccc(I)cc3)NC2=O)ccc1OS(=O)(=O)c1ccc([N+](=O)[O-])cc1. The molecule has 190 valence electrons. The molecule has 0 radical (unpaired) electrons. The summed E-state index contributed by atoms with van der Waals surface area (Å²) in [4.78, 5) is 27.3. The molecule has 1 aliphatic heterocycles. The number of hydrogen-bond donors (Lipinski definition) is 1. The number of carbonyl (C=O) groups excluding carboxylic acids is 1. The summed E-state index contributed by atoms with van der Waals surface area (Å²) < 4.78 is 37.3. The van der Waals surface area contributed by atoms with Crippen LogP contribution in [0.3, 0.4) is 0 Å². The van der Waals surface area contributed by atoms with Crippen LogP contribution in [0.5, 0.6) is 11.5 Å². The number of non-ortho nitro benzene ring substituents is 1. The molecule has 1 saturated heterocycles. The van der Waals surface area contributed by atoms with Crippen LogP contribution in [0.2, 0.25) is 0 Å². The maximum atomic E-state index is 12.7. The number of amidine groups is 1. The molecular weight excluding hydrogens is 633 g/mol. The highest BCUT2D eigenvalue weighted by Gasteiger charge is 2.25. The molecule has 1 aliphatic rings. The van der Waals surface area contributed by atoms with Crippen molar-refractivity contribution >= 4 is 73.0 Å². The first-order valence-electron chi connectivity index (χ1n) is 10.7. The molecule has 0 bridgehead atoms. The normalized spacial score (nSPS) is 15.6. The summed E-state index contributed by atoms with van der Waals surface area (Å²) in [5, 5.41) is 14.0. The van der Waals surface area contributed by atoms with Crippen molar-refractivity contribution < 1.29 is 27.1 Å². The number of benzene rings is 3. The van der Waals surface area contributed by atoms with Gasteiger partial charge in [0.05, 0.1) is 22.1 Å². The fraction of sp³-hybridized carbons (Fsp3) is 0.0833. The lowest BCUT2D eigenvalue weighted by molar-refractivity contribution is -0.384. The second kappa shape index (κ2) is 11.3. The zero-order valence-electron chi connectivity index (χ0n) is 19.1. The molecule has 1 amide bonds. The van der Waals surface area contributed by atoms with Gasteiger partial charge in [-0.1, -0.05) is 6.07 Å². The van der Waals surface area contributed by atoms with Crippen LogP contribution in [0.25, 0.3) is 6.08 Å². The van der Waals surface area contributed by atoms with Gasteiger partial charge >= 0.3 is 10.1 Å². The first-order chi connectivity index (χ1) is 17.6. The van der Waals surface area contributed by atoms with Crippen molar-refractivity contribution in [1.29, 1.82) is 0 Å². The van der Waals surface area contributed by atoms with E-state index in [2.05, 4.69) is 32.9 Å². The van der Waals surface area contributed by atoms with Crippen molar-refractivity contribution in [3.05, 3.63) is 90.9 Å². The van der Waals surface area contributed by atoms with Crippen molar-refractivity contribution in [2.45, 2.75) is 11.8 Å². The van der Waals surface area contributed by atoms with Crippen LogP contribution in [0.15, 0.2) is 81.5 Å². The molecule has 10 nitrogen and oxygen atoms in total. The number of halogens is 1. The van der Waals surface area contributed by atoms with Gasteiger partial charge in [-0.25, -0.2) is 4.99 Å². The second-order valence-electron chi connectivity index (χ2n) is 7.39. The van der Waals surface area contributed by atoms with E-state index in [1.807, 2.05) is 24.3 Å². The minimum absolute atomic E-state index is 0.0631. The number of nitro groups is 1. The van der Waals surface area contributed by atoms with E-state index in [0.717, 1.165) is 27.8 Å². The third-order valence-electron chi connectivity index (χ3n) is 4.81. The molecule has 0 aromatic heterocycles. The van der Waals surface area contributed by atoms with Crippen molar-refractivity contribution in [2.75, 3.05) is 6.61 Å². The van der Waals surface area contributed by atoms with Crippen LogP contribution in [0.1, 0.15) is 12.5 Å². The standard InChI is InChI=1S/C24H18IN3O7S2/c1-2-34-21-13-15(14-22-23(29)27-24(36-22)26-17-6-4-16(25)5-7-17)3-12-20(21)35-37(32,33)19-10-8-18(9-11-19)28(30)31/h3-14H,2H2,1H3,(H,26,27,29)/b22-14+. The van der Waals surface area contributed by atoms with Gasteiger partial charge in [0.1, 0.15) is 4.90 Å². The van der Waals surface area contributed by atoms with Crippen molar-refractivity contribution in [2.24, 2.45) is 4.99 Å². The van der Waals surface area contributed by atoms with E-state index < -0.39 is 15.0 Å². The molecule has 37 heavy (non-hydrogen) atoms. The van der Waals surface area contributed by atoms with Crippen molar-refractivity contribution in [3.8, 4) is 11.5 Å². The van der Waals surface area contributed by atoms with Crippen molar-refractivity contribution in [3.63, 3.8) is 0 Å². The molecule has 4 rings (SSSR count). The minimum atomic E-state index is -4.28. The Labute approximate surface area is 230 Å². The number of ether oxygens (including phenoxy) is 1. The largest absolute Gasteiger partial charge is 0.490 e. The summed E-state index contributed by atoms with van der Waals surface area (Å²) in [7, 11) is -4.28. The zero-order valence-corrected chi connectivity index (χ0v) is 22.9. The van der Waals surface area contributed by atoms with E-state index in [4.69, 9.17) is 8.92 Å². The summed E-state index contributed by atoms with van der Waals surface area (Å²) in [5.74, 6) is -0.223. The molecule has 3 aromatic rings. The highest BCUT2D eigenvalue weighted by molar-refractivity contribution is 14.1. The highest BCUT2D eigenvalue weighted by atomic mass is 127. The van der Waals surface area contributed by atoms with E-state index in [1.54, 1.807) is 25.1 Å². The van der Waals surface area contributed by atoms with Crippen molar-refractivity contribution in [1.82, 2.24) is 5.32 Å². The number of nitrogens with zero attached hydrogens (tertiary/aromatic N) is 2. The number of carbonyl (C=O) groups is 1. The number of nitro benzene ring substituents is 1. The van der Waals surface area contributed by atoms with E-state index >= 15 is 0 Å². The van der Waals surface area contributed by atoms with Crippen LogP contribution < -0.4 is 14.2 Å². The van der Waals surface area contributed by atoms with Crippen LogP contribution >= 0.6 is 34.4 Å². The van der Waals surface area contributed by atoms with Crippen LogP contribution in [-0.2, 0) is 14.9 Å². The number of hydrogen-bond acceptors (Lipinski definition) is 9. The fourth-order valence-corrected chi connectivity index (χ4v) is 5.26. The number of nitrogens with one attached hydrogen (secondary N) is 1. The van der Waals surface area contributed by atoms with Crippen LogP contribution in [0, 0.1) is 13.7 Å². The summed E-state index contributed by atoms with van der Waals surface area (Å²) in [6.45, 7) is 1.96. The molecular formula is C24H18IN3O7S2. The molecule has 1 heterocycles. The summed E-state index contributed by atoms with van der Waals surface area (Å²) in [6.07, 6.45) is 1.63. The zero-order chi connectivity index (χ0) is 26.6. The Bertz CT molecular complexity index is 1520. The van der Waals surface area contributed by atoms with Gasteiger partial charge in [-0.05, 0) is 101 Å². The highest BCUT2D eigenvalue weighted by Crippen LogP contribution is 2.34. The molecule has 0 unspecified atom stereocenters. The summed E-state index contributed by atoms with van der Waals surface area (Å²) >= 11 is 3.38. The van der Waals surface area contributed by atoms with Gasteiger partial charge in [0, 0.05) is 15.7 Å².